The number of ether oxygens (including phenoxy) is 3. The van der Waals surface area contributed by atoms with Crippen LogP contribution in [-0.4, -0.2) is 69.1 Å². The molecule has 2 fully saturated rings. The van der Waals surface area contributed by atoms with Crippen molar-refractivity contribution in [2.75, 3.05) is 47.5 Å². The van der Waals surface area contributed by atoms with Gasteiger partial charge in [0.15, 0.2) is 11.5 Å². The van der Waals surface area contributed by atoms with Crippen molar-refractivity contribution in [1.82, 2.24) is 9.80 Å². The Morgan fingerprint density at radius 1 is 0.867 bits per heavy atom. The molecule has 2 aliphatic heterocycles. The zero-order valence-corrected chi connectivity index (χ0v) is 18.4. The van der Waals surface area contributed by atoms with Crippen molar-refractivity contribution in [2.45, 2.75) is 44.9 Å². The first kappa shape index (κ1) is 22.2. The van der Waals surface area contributed by atoms with Crippen LogP contribution in [0.5, 0.6) is 17.2 Å². The van der Waals surface area contributed by atoms with Crippen molar-refractivity contribution in [3.05, 3.63) is 17.7 Å². The lowest BCUT2D eigenvalue weighted by molar-refractivity contribution is -0.133. The molecule has 3 rings (SSSR count). The second-order valence-electron chi connectivity index (χ2n) is 8.16. The molecule has 0 aliphatic carbocycles. The van der Waals surface area contributed by atoms with Crippen molar-refractivity contribution in [2.24, 2.45) is 5.92 Å². The van der Waals surface area contributed by atoms with Crippen LogP contribution < -0.4 is 14.2 Å². The number of benzene rings is 1. The van der Waals surface area contributed by atoms with Crippen LogP contribution in [0, 0.1) is 5.92 Å². The van der Waals surface area contributed by atoms with E-state index in [0.717, 1.165) is 63.8 Å². The highest BCUT2D eigenvalue weighted by molar-refractivity contribution is 5.79. The van der Waals surface area contributed by atoms with E-state index >= 15 is 0 Å². The Kier molecular flexibility index (Phi) is 7.82. The summed E-state index contributed by atoms with van der Waals surface area (Å²) in [4.78, 5) is 29.0. The maximum absolute atomic E-state index is 12.8. The lowest BCUT2D eigenvalue weighted by Gasteiger charge is -2.32. The fourth-order valence-electron chi connectivity index (χ4n) is 4.45. The van der Waals surface area contributed by atoms with Crippen LogP contribution in [0.1, 0.15) is 44.1 Å². The molecule has 2 saturated heterocycles. The molecule has 166 valence electrons. The number of nitrogens with zero attached hydrogens (tertiary/aromatic N) is 2. The van der Waals surface area contributed by atoms with Crippen LogP contribution in [0.15, 0.2) is 12.1 Å². The number of hydrogen-bond acceptors (Lipinski definition) is 5. The Morgan fingerprint density at radius 2 is 1.43 bits per heavy atom. The third kappa shape index (κ3) is 5.37. The van der Waals surface area contributed by atoms with Crippen molar-refractivity contribution >= 4 is 11.8 Å². The molecule has 7 nitrogen and oxygen atoms in total. The van der Waals surface area contributed by atoms with Crippen molar-refractivity contribution in [1.29, 1.82) is 0 Å². The molecule has 0 unspecified atom stereocenters. The molecule has 2 amide bonds. The van der Waals surface area contributed by atoms with Gasteiger partial charge in [0.2, 0.25) is 17.6 Å². The van der Waals surface area contributed by atoms with Gasteiger partial charge in [-0.25, -0.2) is 0 Å². The average molecular weight is 419 g/mol. The molecule has 7 heteroatoms. The lowest BCUT2D eigenvalue weighted by Crippen LogP contribution is -2.39. The second kappa shape index (κ2) is 10.5. The molecule has 0 N–H and O–H groups in total. The number of carbonyl (C=O) groups excluding carboxylic acids is 2. The van der Waals surface area contributed by atoms with Gasteiger partial charge in [0.1, 0.15) is 0 Å². The molecule has 0 spiro atoms. The Labute approximate surface area is 179 Å². The van der Waals surface area contributed by atoms with E-state index in [0.29, 0.717) is 41.9 Å². The van der Waals surface area contributed by atoms with E-state index in [-0.39, 0.29) is 5.91 Å². The predicted molar refractivity (Wildman–Crippen MR) is 114 cm³/mol. The van der Waals surface area contributed by atoms with E-state index in [1.807, 2.05) is 21.9 Å². The van der Waals surface area contributed by atoms with Crippen LogP contribution in [0.4, 0.5) is 0 Å². The van der Waals surface area contributed by atoms with Gasteiger partial charge in [0.25, 0.3) is 0 Å². The Bertz CT molecular complexity index is 712. The van der Waals surface area contributed by atoms with E-state index in [4.69, 9.17) is 14.2 Å². The largest absolute Gasteiger partial charge is 0.493 e. The van der Waals surface area contributed by atoms with Crippen LogP contribution in [0.3, 0.4) is 0 Å². The predicted octanol–water partition coefficient (Wildman–Crippen LogP) is 2.90. The molecule has 0 atom stereocenters. The van der Waals surface area contributed by atoms with E-state index in [9.17, 15) is 9.59 Å². The molecule has 1 aromatic rings. The number of amides is 2. The van der Waals surface area contributed by atoms with Crippen molar-refractivity contribution < 1.29 is 23.8 Å². The third-order valence-corrected chi connectivity index (χ3v) is 6.27. The quantitative estimate of drug-likeness (QED) is 0.649. The van der Waals surface area contributed by atoms with Gasteiger partial charge in [0, 0.05) is 32.6 Å². The lowest BCUT2D eigenvalue weighted by atomic mass is 9.91. The first-order chi connectivity index (χ1) is 14.5. The van der Waals surface area contributed by atoms with E-state index < -0.39 is 0 Å². The molecule has 0 aromatic heterocycles. The van der Waals surface area contributed by atoms with Crippen molar-refractivity contribution in [3.63, 3.8) is 0 Å². The topological polar surface area (TPSA) is 68.3 Å². The van der Waals surface area contributed by atoms with E-state index in [1.165, 1.54) is 0 Å². The molecule has 0 bridgehead atoms. The van der Waals surface area contributed by atoms with Gasteiger partial charge in [-0.1, -0.05) is 0 Å². The summed E-state index contributed by atoms with van der Waals surface area (Å²) >= 11 is 0. The fraction of sp³-hybridized carbons (Fsp3) is 0.652. The highest BCUT2D eigenvalue weighted by Gasteiger charge is 2.25. The van der Waals surface area contributed by atoms with Crippen LogP contribution >= 0.6 is 0 Å². The molecule has 30 heavy (non-hydrogen) atoms. The minimum atomic E-state index is 0.107. The summed E-state index contributed by atoms with van der Waals surface area (Å²) in [5, 5.41) is 0. The summed E-state index contributed by atoms with van der Waals surface area (Å²) in [5.74, 6) is 2.58. The molecule has 0 saturated carbocycles. The van der Waals surface area contributed by atoms with Crippen LogP contribution in [-0.2, 0) is 16.0 Å². The van der Waals surface area contributed by atoms with Crippen LogP contribution in [0.2, 0.25) is 0 Å². The molecule has 2 heterocycles. The van der Waals surface area contributed by atoms with Crippen LogP contribution in [0.25, 0.3) is 0 Å². The Hall–Kier alpha value is -2.44. The number of likely N-dealkylation sites (tertiary alicyclic amines) is 2. The summed E-state index contributed by atoms with van der Waals surface area (Å²) in [5.41, 5.74) is 0.841. The summed E-state index contributed by atoms with van der Waals surface area (Å²) < 4.78 is 16.1. The molecule has 1 aromatic carbocycles. The SMILES string of the molecule is COc1cc(CC(=O)N2CCC(CCC(=O)N3CCCC3)CC2)cc(OC)c1OC. The summed E-state index contributed by atoms with van der Waals surface area (Å²) in [7, 11) is 4.71. The number of piperidine rings is 1. The van der Waals surface area contributed by atoms with Gasteiger partial charge >= 0.3 is 0 Å². The highest BCUT2D eigenvalue weighted by Crippen LogP contribution is 2.38. The Balaban J connectivity index is 1.49. The monoisotopic (exact) mass is 418 g/mol. The summed E-state index contributed by atoms with van der Waals surface area (Å²) in [6.07, 6.45) is 6.09. The number of methoxy groups -OCH3 is 3. The van der Waals surface area contributed by atoms with Gasteiger partial charge in [-0.05, 0) is 55.7 Å². The Morgan fingerprint density at radius 3 is 1.97 bits per heavy atom. The van der Waals surface area contributed by atoms with Gasteiger partial charge in [-0.2, -0.15) is 0 Å². The number of rotatable bonds is 8. The van der Waals surface area contributed by atoms with Gasteiger partial charge in [0.05, 0.1) is 27.8 Å². The fourth-order valence-corrected chi connectivity index (χ4v) is 4.45. The van der Waals surface area contributed by atoms with Gasteiger partial charge in [-0.15, -0.1) is 0 Å². The zero-order valence-electron chi connectivity index (χ0n) is 18.4. The molecule has 2 aliphatic rings. The van der Waals surface area contributed by atoms with E-state index in [2.05, 4.69) is 0 Å². The number of hydrogen-bond donors (Lipinski definition) is 0. The first-order valence-electron chi connectivity index (χ1n) is 10.9. The summed E-state index contributed by atoms with van der Waals surface area (Å²) in [6.45, 7) is 3.36. The van der Waals surface area contributed by atoms with Crippen molar-refractivity contribution in [3.8, 4) is 17.2 Å². The third-order valence-electron chi connectivity index (χ3n) is 6.27. The molecular formula is C23H34N2O5. The second-order valence-corrected chi connectivity index (χ2v) is 8.16. The maximum Gasteiger partial charge on any atom is 0.226 e. The first-order valence-corrected chi connectivity index (χ1v) is 10.9. The molecule has 0 radical (unpaired) electrons. The highest BCUT2D eigenvalue weighted by atomic mass is 16.5. The average Bonchev–Trinajstić information content (AvgIpc) is 3.32. The smallest absolute Gasteiger partial charge is 0.226 e. The minimum absolute atomic E-state index is 0.107. The van der Waals surface area contributed by atoms with E-state index in [1.54, 1.807) is 21.3 Å². The maximum atomic E-state index is 12.8. The molecular weight excluding hydrogens is 384 g/mol. The normalized spacial score (nSPS) is 17.2. The number of carbonyl (C=O) groups is 2. The minimum Gasteiger partial charge on any atom is -0.493 e. The van der Waals surface area contributed by atoms with Gasteiger partial charge in [-0.3, -0.25) is 9.59 Å². The van der Waals surface area contributed by atoms with Gasteiger partial charge < -0.3 is 24.0 Å². The summed E-state index contributed by atoms with van der Waals surface area (Å²) in [6, 6.07) is 3.66. The standard InChI is InChI=1S/C23H34N2O5/c1-28-19-14-18(15-20(29-2)23(19)30-3)16-22(27)25-12-8-17(9-13-25)6-7-21(26)24-10-4-5-11-24/h14-15,17H,4-13,16H2,1-3H3. The zero-order chi connectivity index (χ0) is 21.5.